The van der Waals surface area contributed by atoms with Gasteiger partial charge in [0.05, 0.1) is 12.2 Å². The Kier molecular flexibility index (Phi) is 4.62. The fraction of sp³-hybridized carbons (Fsp3) is 0.231. The average Bonchev–Trinajstić information content (AvgIpc) is 2.97. The van der Waals surface area contributed by atoms with Crippen molar-refractivity contribution in [2.75, 3.05) is 18.1 Å². The number of carboxylic acids is 1. The minimum absolute atomic E-state index is 0.0132. The third-order valence-corrected chi connectivity index (χ3v) is 2.81. The van der Waals surface area contributed by atoms with Crippen LogP contribution in [0.5, 0.6) is 0 Å². The molecule has 0 atom stereocenters. The van der Waals surface area contributed by atoms with Crippen LogP contribution in [0.3, 0.4) is 0 Å². The fourth-order valence-corrected chi connectivity index (χ4v) is 1.82. The number of carbonyl (C=O) groups excluding carboxylic acids is 1. The second-order valence-electron chi connectivity index (χ2n) is 4.21. The Bertz CT molecular complexity index is 610. The van der Waals surface area contributed by atoms with E-state index in [1.165, 1.54) is 46.5 Å². The van der Waals surface area contributed by atoms with Crippen LogP contribution in [-0.2, 0) is 11.3 Å². The van der Waals surface area contributed by atoms with Gasteiger partial charge in [-0.2, -0.15) is 5.10 Å². The Balaban J connectivity index is 2.17. The van der Waals surface area contributed by atoms with Gasteiger partial charge < -0.3 is 15.1 Å². The number of hydrogen-bond donors (Lipinski definition) is 2. The number of hydrogen-bond acceptors (Lipinski definition) is 5. The number of carbonyl (C=O) groups is 2. The maximum Gasteiger partial charge on any atom is 0.335 e. The summed E-state index contributed by atoms with van der Waals surface area (Å²) in [5.41, 5.74) is 0.644. The molecule has 0 aliphatic rings. The van der Waals surface area contributed by atoms with Gasteiger partial charge in [0.2, 0.25) is 5.91 Å². The summed E-state index contributed by atoms with van der Waals surface area (Å²) in [5.74, 6) is -1.32. The van der Waals surface area contributed by atoms with E-state index in [9.17, 15) is 9.59 Å². The highest BCUT2D eigenvalue weighted by Gasteiger charge is 2.16. The van der Waals surface area contributed by atoms with Gasteiger partial charge in [-0.25, -0.2) is 14.5 Å². The Morgan fingerprint density at radius 3 is 2.48 bits per heavy atom. The highest BCUT2D eigenvalue weighted by atomic mass is 16.4. The second-order valence-corrected chi connectivity index (χ2v) is 4.21. The zero-order chi connectivity index (χ0) is 15.2. The Morgan fingerprint density at radius 1 is 1.24 bits per heavy atom. The largest absolute Gasteiger partial charge is 0.478 e. The first-order valence-electron chi connectivity index (χ1n) is 6.19. The summed E-state index contributed by atoms with van der Waals surface area (Å²) in [4.78, 5) is 28.2. The molecule has 1 aromatic carbocycles. The molecule has 0 bridgehead atoms. The van der Waals surface area contributed by atoms with Crippen LogP contribution in [0.4, 0.5) is 5.69 Å². The van der Waals surface area contributed by atoms with Crippen LogP contribution < -0.4 is 4.90 Å². The van der Waals surface area contributed by atoms with Gasteiger partial charge in [0, 0.05) is 12.2 Å². The molecule has 0 saturated heterocycles. The molecule has 110 valence electrons. The molecule has 0 fully saturated rings. The second kappa shape index (κ2) is 6.62. The molecule has 0 saturated carbocycles. The summed E-state index contributed by atoms with van der Waals surface area (Å²) in [6.45, 7) is -0.107. The van der Waals surface area contributed by atoms with E-state index >= 15 is 0 Å². The number of anilines is 1. The van der Waals surface area contributed by atoms with E-state index in [1.54, 1.807) is 0 Å². The van der Waals surface area contributed by atoms with Crippen LogP contribution in [0.25, 0.3) is 0 Å². The third-order valence-electron chi connectivity index (χ3n) is 2.81. The van der Waals surface area contributed by atoms with Crippen LogP contribution in [0.1, 0.15) is 10.4 Å². The van der Waals surface area contributed by atoms with Gasteiger partial charge in [-0.1, -0.05) is 0 Å². The van der Waals surface area contributed by atoms with Crippen molar-refractivity contribution in [3.63, 3.8) is 0 Å². The molecular formula is C13H14N4O4. The molecule has 1 amide bonds. The molecule has 8 nitrogen and oxygen atoms in total. The van der Waals surface area contributed by atoms with Crippen LogP contribution in [-0.4, -0.2) is 50.0 Å². The number of aliphatic hydroxyl groups is 1. The molecular weight excluding hydrogens is 276 g/mol. The number of amides is 1. The van der Waals surface area contributed by atoms with Crippen LogP contribution in [0, 0.1) is 0 Å². The van der Waals surface area contributed by atoms with E-state index in [0.29, 0.717) is 5.69 Å². The summed E-state index contributed by atoms with van der Waals surface area (Å²) in [5, 5.41) is 21.8. The van der Waals surface area contributed by atoms with Gasteiger partial charge >= 0.3 is 5.97 Å². The molecule has 0 aliphatic heterocycles. The van der Waals surface area contributed by atoms with Gasteiger partial charge in [0.1, 0.15) is 19.2 Å². The summed E-state index contributed by atoms with van der Waals surface area (Å²) in [7, 11) is 0. The van der Waals surface area contributed by atoms with E-state index < -0.39 is 5.97 Å². The van der Waals surface area contributed by atoms with Gasteiger partial charge in [0.25, 0.3) is 0 Å². The van der Waals surface area contributed by atoms with Crippen LogP contribution in [0.2, 0.25) is 0 Å². The van der Waals surface area contributed by atoms with Crippen LogP contribution in [0.15, 0.2) is 36.9 Å². The smallest absolute Gasteiger partial charge is 0.335 e. The normalized spacial score (nSPS) is 10.3. The van der Waals surface area contributed by atoms with E-state index in [1.807, 2.05) is 0 Å². The molecule has 1 heterocycles. The molecule has 0 unspecified atom stereocenters. The van der Waals surface area contributed by atoms with Crippen molar-refractivity contribution < 1.29 is 19.8 Å². The van der Waals surface area contributed by atoms with E-state index in [2.05, 4.69) is 10.1 Å². The number of aliphatic hydroxyl groups excluding tert-OH is 1. The average molecular weight is 290 g/mol. The number of aromatic nitrogens is 3. The molecule has 0 radical (unpaired) electrons. The van der Waals surface area contributed by atoms with Crippen molar-refractivity contribution in [1.82, 2.24) is 14.8 Å². The van der Waals surface area contributed by atoms with Crippen molar-refractivity contribution in [1.29, 1.82) is 0 Å². The quantitative estimate of drug-likeness (QED) is 0.775. The number of benzene rings is 1. The van der Waals surface area contributed by atoms with Crippen molar-refractivity contribution in [2.45, 2.75) is 6.54 Å². The lowest BCUT2D eigenvalue weighted by Crippen LogP contribution is -2.36. The predicted octanol–water partition coefficient (Wildman–Crippen LogP) is 0.00180. The first kappa shape index (κ1) is 14.7. The SMILES string of the molecule is O=C(O)c1ccc(N(CCO)C(=O)Cn2cncn2)cc1. The van der Waals surface area contributed by atoms with Crippen molar-refractivity contribution in [2.24, 2.45) is 0 Å². The highest BCUT2D eigenvalue weighted by Crippen LogP contribution is 2.16. The minimum Gasteiger partial charge on any atom is -0.478 e. The summed E-state index contributed by atoms with van der Waals surface area (Å²) < 4.78 is 1.37. The lowest BCUT2D eigenvalue weighted by atomic mass is 10.2. The number of rotatable bonds is 6. The van der Waals surface area contributed by atoms with Gasteiger partial charge in [-0.05, 0) is 24.3 Å². The molecule has 2 aromatic rings. The van der Waals surface area contributed by atoms with Crippen LogP contribution >= 0.6 is 0 Å². The fourth-order valence-electron chi connectivity index (χ4n) is 1.82. The molecule has 8 heteroatoms. The minimum atomic E-state index is -1.04. The molecule has 0 spiro atoms. The maximum absolute atomic E-state index is 12.2. The Labute approximate surface area is 120 Å². The molecule has 0 aliphatic carbocycles. The summed E-state index contributed by atoms with van der Waals surface area (Å²) >= 11 is 0. The zero-order valence-corrected chi connectivity index (χ0v) is 11.1. The van der Waals surface area contributed by atoms with Gasteiger partial charge in [-0.3, -0.25) is 4.79 Å². The predicted molar refractivity (Wildman–Crippen MR) is 72.9 cm³/mol. The number of aromatic carboxylic acids is 1. The Hall–Kier alpha value is -2.74. The standard InChI is InChI=1S/C13H14N4O4/c18-6-5-17(12(19)7-16-9-14-8-15-16)11-3-1-10(2-4-11)13(20)21/h1-4,8-9,18H,5-7H2,(H,20,21). The third kappa shape index (κ3) is 3.63. The number of carboxylic acid groups (broad SMARTS) is 1. The topological polar surface area (TPSA) is 109 Å². The maximum atomic E-state index is 12.2. The summed E-state index contributed by atoms with van der Waals surface area (Å²) in [6.07, 6.45) is 2.74. The van der Waals surface area contributed by atoms with E-state index in [4.69, 9.17) is 10.2 Å². The summed E-state index contributed by atoms with van der Waals surface area (Å²) in [6, 6.07) is 5.87. The monoisotopic (exact) mass is 290 g/mol. The molecule has 2 N–H and O–H groups in total. The lowest BCUT2D eigenvalue weighted by Gasteiger charge is -2.22. The first-order chi connectivity index (χ1) is 10.1. The van der Waals surface area contributed by atoms with Crippen molar-refractivity contribution >= 4 is 17.6 Å². The van der Waals surface area contributed by atoms with Crippen molar-refractivity contribution in [3.05, 3.63) is 42.5 Å². The van der Waals surface area contributed by atoms with Crippen molar-refractivity contribution in [3.8, 4) is 0 Å². The lowest BCUT2D eigenvalue weighted by molar-refractivity contribution is -0.119. The molecule has 21 heavy (non-hydrogen) atoms. The zero-order valence-electron chi connectivity index (χ0n) is 11.1. The molecule has 2 rings (SSSR count). The first-order valence-corrected chi connectivity index (χ1v) is 6.19. The number of nitrogens with zero attached hydrogens (tertiary/aromatic N) is 4. The molecule has 1 aromatic heterocycles. The van der Waals surface area contributed by atoms with E-state index in [-0.39, 0.29) is 31.2 Å². The van der Waals surface area contributed by atoms with E-state index in [0.717, 1.165) is 0 Å². The van der Waals surface area contributed by atoms with Gasteiger partial charge in [-0.15, -0.1) is 0 Å². The Morgan fingerprint density at radius 2 is 1.95 bits per heavy atom. The highest BCUT2D eigenvalue weighted by molar-refractivity contribution is 5.94. The van der Waals surface area contributed by atoms with Gasteiger partial charge in [0.15, 0.2) is 0 Å².